The van der Waals surface area contributed by atoms with Gasteiger partial charge in [0.25, 0.3) is 11.6 Å². The molecule has 1 N–H and O–H groups in total. The summed E-state index contributed by atoms with van der Waals surface area (Å²) in [4.78, 5) is 20.4. The number of hydrogen-bond donors (Lipinski definition) is 1. The summed E-state index contributed by atoms with van der Waals surface area (Å²) in [5, 5.41) is 11.2. The lowest BCUT2D eigenvalue weighted by Gasteiger charge is -2.23. The molecule has 0 aliphatic heterocycles. The normalized spacial score (nSPS) is 13.1. The number of rotatable bonds is 4. The van der Waals surface area contributed by atoms with Gasteiger partial charge in [-0.15, -0.1) is 5.10 Å². The maximum atomic E-state index is 13.0. The predicted octanol–water partition coefficient (Wildman–Crippen LogP) is 4.58. The van der Waals surface area contributed by atoms with Crippen molar-refractivity contribution in [1.82, 2.24) is 29.4 Å². The van der Waals surface area contributed by atoms with Gasteiger partial charge in [-0.2, -0.15) is 23.3 Å². The van der Waals surface area contributed by atoms with Crippen LogP contribution >= 0.6 is 0 Å². The first-order chi connectivity index (χ1) is 15.0. The lowest BCUT2D eigenvalue weighted by molar-refractivity contribution is -0.144. The van der Waals surface area contributed by atoms with Crippen LogP contribution in [0.2, 0.25) is 0 Å². The van der Waals surface area contributed by atoms with Crippen LogP contribution in [0.3, 0.4) is 0 Å². The third kappa shape index (κ3) is 5.17. The molecule has 0 aliphatic carbocycles. The van der Waals surface area contributed by atoms with Crippen LogP contribution in [0.1, 0.15) is 76.4 Å². The number of hydrogen-bond acceptors (Lipinski definition) is 5. The molecule has 11 heteroatoms. The Morgan fingerprint density at radius 2 is 1.67 bits per heavy atom. The Labute approximate surface area is 190 Å². The Balaban J connectivity index is 1.82. The molecule has 0 unspecified atom stereocenters. The first-order valence-corrected chi connectivity index (χ1v) is 10.7. The number of halogens is 3. The van der Waals surface area contributed by atoms with Gasteiger partial charge in [0, 0.05) is 29.3 Å². The molecule has 0 bridgehead atoms. The van der Waals surface area contributed by atoms with E-state index in [-0.39, 0.29) is 29.1 Å². The molecule has 0 fully saturated rings. The Bertz CT molecular complexity index is 1190. The SMILES string of the molecule is Cc1nc2nc(C(F)(F)F)nn2c(C)c1CCC(=O)Nc1cc(C(C)(C)C)nn1C(C)(C)C. The minimum absolute atomic E-state index is 0.116. The van der Waals surface area contributed by atoms with Crippen molar-refractivity contribution in [2.45, 2.75) is 85.4 Å². The minimum atomic E-state index is -4.66. The quantitative estimate of drug-likeness (QED) is 0.609. The fourth-order valence-corrected chi connectivity index (χ4v) is 3.48. The summed E-state index contributed by atoms with van der Waals surface area (Å²) < 4.78 is 41.8. The summed E-state index contributed by atoms with van der Waals surface area (Å²) in [5.74, 6) is -0.980. The van der Waals surface area contributed by atoms with Crippen LogP contribution in [0.15, 0.2) is 6.07 Å². The van der Waals surface area contributed by atoms with Crippen LogP contribution in [-0.4, -0.2) is 35.3 Å². The Morgan fingerprint density at radius 3 is 2.21 bits per heavy atom. The minimum Gasteiger partial charge on any atom is -0.311 e. The van der Waals surface area contributed by atoms with Crippen LogP contribution in [0.4, 0.5) is 19.0 Å². The number of nitrogens with zero attached hydrogens (tertiary/aromatic N) is 6. The highest BCUT2D eigenvalue weighted by atomic mass is 19.4. The predicted molar refractivity (Wildman–Crippen MR) is 118 cm³/mol. The van der Waals surface area contributed by atoms with Crippen LogP contribution < -0.4 is 5.32 Å². The zero-order valence-electron chi connectivity index (χ0n) is 20.2. The van der Waals surface area contributed by atoms with Crippen molar-refractivity contribution in [2.75, 3.05) is 5.32 Å². The lowest BCUT2D eigenvalue weighted by atomic mass is 9.92. The number of amides is 1. The topological polar surface area (TPSA) is 90.0 Å². The van der Waals surface area contributed by atoms with Crippen molar-refractivity contribution in [3.8, 4) is 0 Å². The molecule has 3 aromatic heterocycles. The van der Waals surface area contributed by atoms with Crippen LogP contribution in [0.25, 0.3) is 5.78 Å². The van der Waals surface area contributed by atoms with Crippen LogP contribution in [-0.2, 0) is 28.3 Å². The Hall–Kier alpha value is -2.98. The number of anilines is 1. The van der Waals surface area contributed by atoms with E-state index in [1.54, 1.807) is 18.5 Å². The van der Waals surface area contributed by atoms with Gasteiger partial charge in [0.2, 0.25) is 5.91 Å². The van der Waals surface area contributed by atoms with Crippen molar-refractivity contribution in [3.63, 3.8) is 0 Å². The average molecular weight is 466 g/mol. The Morgan fingerprint density at radius 1 is 1.03 bits per heavy atom. The summed E-state index contributed by atoms with van der Waals surface area (Å²) in [6, 6.07) is 1.88. The summed E-state index contributed by atoms with van der Waals surface area (Å²) in [7, 11) is 0. The zero-order valence-corrected chi connectivity index (χ0v) is 20.2. The maximum Gasteiger partial charge on any atom is 0.453 e. The van der Waals surface area contributed by atoms with E-state index in [1.807, 2.05) is 26.8 Å². The molecule has 1 amide bonds. The van der Waals surface area contributed by atoms with Crippen molar-refractivity contribution in [3.05, 3.63) is 34.5 Å². The molecule has 3 heterocycles. The van der Waals surface area contributed by atoms with Gasteiger partial charge in [-0.3, -0.25) is 4.79 Å². The smallest absolute Gasteiger partial charge is 0.311 e. The zero-order chi connectivity index (χ0) is 24.9. The number of carbonyl (C=O) groups excluding carboxylic acids is 1. The molecule has 3 aromatic rings. The standard InChI is InChI=1S/C22H30F3N7O/c1-12-14(13(2)31-19(26-12)28-18(30-31)22(23,24)25)9-10-17(33)27-16-11-15(20(3,4)5)29-32(16)21(6,7)8/h11H,9-10H2,1-8H3,(H,27,33). The monoisotopic (exact) mass is 465 g/mol. The van der Waals surface area contributed by atoms with Crippen molar-refractivity contribution >= 4 is 17.5 Å². The van der Waals surface area contributed by atoms with Crippen LogP contribution in [0, 0.1) is 13.8 Å². The van der Waals surface area contributed by atoms with Crippen molar-refractivity contribution in [2.24, 2.45) is 0 Å². The molecule has 0 saturated carbocycles. The number of carbonyl (C=O) groups is 1. The molecule has 8 nitrogen and oxygen atoms in total. The van der Waals surface area contributed by atoms with Gasteiger partial charge < -0.3 is 5.32 Å². The van der Waals surface area contributed by atoms with Gasteiger partial charge in [-0.25, -0.2) is 14.2 Å². The number of aryl methyl sites for hydroxylation is 2. The fourth-order valence-electron chi connectivity index (χ4n) is 3.48. The molecule has 0 saturated heterocycles. The molecule has 180 valence electrons. The van der Waals surface area contributed by atoms with E-state index in [0.29, 0.717) is 29.2 Å². The average Bonchev–Trinajstić information content (AvgIpc) is 3.25. The van der Waals surface area contributed by atoms with Gasteiger partial charge in [0.15, 0.2) is 0 Å². The maximum absolute atomic E-state index is 13.0. The molecular weight excluding hydrogens is 435 g/mol. The molecule has 0 spiro atoms. The highest BCUT2D eigenvalue weighted by Gasteiger charge is 2.37. The largest absolute Gasteiger partial charge is 0.453 e. The highest BCUT2D eigenvalue weighted by molar-refractivity contribution is 5.90. The molecule has 0 atom stereocenters. The number of alkyl halides is 3. The van der Waals surface area contributed by atoms with E-state index in [1.165, 1.54) is 0 Å². The number of nitrogens with one attached hydrogen (secondary N) is 1. The van der Waals surface area contributed by atoms with Gasteiger partial charge in [0.05, 0.1) is 11.2 Å². The van der Waals surface area contributed by atoms with E-state index in [9.17, 15) is 18.0 Å². The Kier molecular flexibility index (Phi) is 6.06. The number of fused-ring (bicyclic) bond motifs is 1. The number of aromatic nitrogens is 6. The molecular formula is C22H30F3N7O. The second kappa shape index (κ2) is 8.11. The summed E-state index contributed by atoms with van der Waals surface area (Å²) in [6.07, 6.45) is -4.24. The summed E-state index contributed by atoms with van der Waals surface area (Å²) in [6.45, 7) is 15.5. The van der Waals surface area contributed by atoms with Crippen LogP contribution in [0.5, 0.6) is 0 Å². The molecule has 33 heavy (non-hydrogen) atoms. The third-order valence-corrected chi connectivity index (χ3v) is 5.29. The second-order valence-electron chi connectivity index (χ2n) is 10.2. The molecule has 0 aromatic carbocycles. The van der Waals surface area contributed by atoms with Gasteiger partial charge in [-0.05, 0) is 46.6 Å². The lowest BCUT2D eigenvalue weighted by Crippen LogP contribution is -2.27. The van der Waals surface area contributed by atoms with Gasteiger partial charge in [-0.1, -0.05) is 20.8 Å². The molecule has 3 rings (SSSR count). The van der Waals surface area contributed by atoms with E-state index in [2.05, 4.69) is 41.2 Å². The molecule has 0 radical (unpaired) electrons. The summed E-state index contributed by atoms with van der Waals surface area (Å²) >= 11 is 0. The van der Waals surface area contributed by atoms with E-state index in [0.717, 1.165) is 10.2 Å². The first kappa shape index (κ1) is 24.7. The van der Waals surface area contributed by atoms with Crippen molar-refractivity contribution in [1.29, 1.82) is 0 Å². The van der Waals surface area contributed by atoms with E-state index in [4.69, 9.17) is 5.10 Å². The second-order valence-corrected chi connectivity index (χ2v) is 10.2. The van der Waals surface area contributed by atoms with E-state index < -0.39 is 12.0 Å². The highest BCUT2D eigenvalue weighted by Crippen LogP contribution is 2.29. The van der Waals surface area contributed by atoms with E-state index >= 15 is 0 Å². The first-order valence-electron chi connectivity index (χ1n) is 10.7. The van der Waals surface area contributed by atoms with Gasteiger partial charge in [0.1, 0.15) is 5.82 Å². The van der Waals surface area contributed by atoms with Gasteiger partial charge >= 0.3 is 6.18 Å². The third-order valence-electron chi connectivity index (χ3n) is 5.29. The summed E-state index contributed by atoms with van der Waals surface area (Å²) in [5.41, 5.74) is 2.00. The van der Waals surface area contributed by atoms with Crippen molar-refractivity contribution < 1.29 is 18.0 Å². The fraction of sp³-hybridized carbons (Fsp3) is 0.591. The molecule has 0 aliphatic rings.